The first-order chi connectivity index (χ1) is 24.9. The van der Waals surface area contributed by atoms with Crippen molar-refractivity contribution in [3.8, 4) is 0 Å². The Morgan fingerprint density at radius 2 is 1.08 bits per heavy atom. The number of rotatable bonds is 35. The molecule has 6 unspecified atom stereocenters. The topological polar surface area (TPSA) is 135 Å². The molecule has 1 fully saturated rings. The van der Waals surface area contributed by atoms with Crippen molar-refractivity contribution in [2.75, 3.05) is 26.4 Å². The van der Waals surface area contributed by atoms with Gasteiger partial charge >= 0.3 is 5.97 Å². The highest BCUT2D eigenvalue weighted by molar-refractivity contribution is 5.69. The summed E-state index contributed by atoms with van der Waals surface area (Å²) in [7, 11) is 0. The molecule has 4 N–H and O–H groups in total. The summed E-state index contributed by atoms with van der Waals surface area (Å²) in [6.07, 6.45) is 30.5. The van der Waals surface area contributed by atoms with Crippen LogP contribution in [0.5, 0.6) is 0 Å². The van der Waals surface area contributed by atoms with Gasteiger partial charge in [0.25, 0.3) is 0 Å². The van der Waals surface area contributed by atoms with Crippen molar-refractivity contribution in [2.45, 2.75) is 211 Å². The zero-order valence-electron chi connectivity index (χ0n) is 32.6. The third-order valence-electron chi connectivity index (χ3n) is 9.59. The fourth-order valence-corrected chi connectivity index (χ4v) is 6.24. The second-order valence-electron chi connectivity index (χ2n) is 14.4. The van der Waals surface area contributed by atoms with Crippen LogP contribution < -0.4 is 0 Å². The molecule has 1 rings (SSSR count). The maximum atomic E-state index is 12.7. The van der Waals surface area contributed by atoms with Crippen LogP contribution in [0.25, 0.3) is 0 Å². The van der Waals surface area contributed by atoms with Crippen LogP contribution in [-0.2, 0) is 23.7 Å². The molecular weight excluding hydrogens is 648 g/mol. The lowest BCUT2D eigenvalue weighted by Crippen LogP contribution is -2.59. The molecule has 0 aromatic heterocycles. The number of allylic oxidation sites excluding steroid dienone is 4. The zero-order chi connectivity index (χ0) is 37.2. The molecular formula is C42H78O9. The Kier molecular flexibility index (Phi) is 32.2. The minimum Gasteiger partial charge on any atom is -0.457 e. The second kappa shape index (κ2) is 34.4. The van der Waals surface area contributed by atoms with E-state index in [-0.39, 0.29) is 19.2 Å². The van der Waals surface area contributed by atoms with E-state index in [4.69, 9.17) is 18.9 Å². The number of hydrogen-bond acceptors (Lipinski definition) is 9. The predicted octanol–water partition coefficient (Wildman–Crippen LogP) is 8.64. The molecule has 0 radical (unpaired) electrons. The molecule has 0 spiro atoms. The number of carbonyl (C=O) groups is 1. The molecule has 300 valence electrons. The summed E-state index contributed by atoms with van der Waals surface area (Å²) in [6.45, 7) is 4.51. The first-order valence-electron chi connectivity index (χ1n) is 20.9. The summed E-state index contributed by atoms with van der Waals surface area (Å²) in [5.41, 5.74) is 0. The van der Waals surface area contributed by atoms with Crippen LogP contribution in [0.3, 0.4) is 0 Å². The van der Waals surface area contributed by atoms with Crippen LogP contribution in [0.1, 0.15) is 174 Å². The molecule has 0 aromatic rings. The molecule has 0 bridgehead atoms. The van der Waals surface area contributed by atoms with E-state index < -0.39 is 43.4 Å². The van der Waals surface area contributed by atoms with E-state index in [1.165, 1.54) is 109 Å². The second-order valence-corrected chi connectivity index (χ2v) is 14.4. The van der Waals surface area contributed by atoms with Gasteiger partial charge in [-0.25, -0.2) is 0 Å². The van der Waals surface area contributed by atoms with Crippen LogP contribution in [0, 0.1) is 0 Å². The van der Waals surface area contributed by atoms with Crippen LogP contribution in [-0.4, -0.2) is 89.6 Å². The summed E-state index contributed by atoms with van der Waals surface area (Å²) >= 11 is 0. The van der Waals surface area contributed by atoms with E-state index in [2.05, 4.69) is 38.2 Å². The van der Waals surface area contributed by atoms with Gasteiger partial charge < -0.3 is 39.4 Å². The number of ether oxygens (including phenoxy) is 4. The molecule has 0 amide bonds. The molecule has 0 aliphatic carbocycles. The normalized spacial score (nSPS) is 21.6. The third-order valence-corrected chi connectivity index (χ3v) is 9.59. The van der Waals surface area contributed by atoms with Crippen LogP contribution in [0.4, 0.5) is 0 Å². The van der Waals surface area contributed by atoms with Crippen molar-refractivity contribution in [1.82, 2.24) is 0 Å². The Morgan fingerprint density at radius 1 is 0.608 bits per heavy atom. The van der Waals surface area contributed by atoms with Gasteiger partial charge in [-0.1, -0.05) is 128 Å². The largest absolute Gasteiger partial charge is 0.457 e. The lowest BCUT2D eigenvalue weighted by molar-refractivity contribution is -0.305. The fourth-order valence-electron chi connectivity index (χ4n) is 6.24. The number of aliphatic hydroxyl groups is 4. The van der Waals surface area contributed by atoms with E-state index in [0.717, 1.165) is 44.9 Å². The van der Waals surface area contributed by atoms with Crippen LogP contribution in [0.15, 0.2) is 24.3 Å². The van der Waals surface area contributed by atoms with Crippen molar-refractivity contribution < 1.29 is 44.2 Å². The molecule has 1 heterocycles. The quantitative estimate of drug-likeness (QED) is 0.0288. The summed E-state index contributed by atoms with van der Waals surface area (Å²) in [4.78, 5) is 12.7. The lowest BCUT2D eigenvalue weighted by Gasteiger charge is -2.39. The zero-order valence-corrected chi connectivity index (χ0v) is 32.6. The van der Waals surface area contributed by atoms with Gasteiger partial charge in [0.2, 0.25) is 0 Å². The predicted molar refractivity (Wildman–Crippen MR) is 205 cm³/mol. The fraction of sp³-hybridized carbons (Fsp3) is 0.881. The van der Waals surface area contributed by atoms with E-state index in [9.17, 15) is 25.2 Å². The van der Waals surface area contributed by atoms with E-state index in [1.54, 1.807) is 0 Å². The van der Waals surface area contributed by atoms with Crippen LogP contribution >= 0.6 is 0 Å². The van der Waals surface area contributed by atoms with Crippen molar-refractivity contribution in [1.29, 1.82) is 0 Å². The first kappa shape index (κ1) is 47.7. The highest BCUT2D eigenvalue weighted by atomic mass is 16.7. The maximum Gasteiger partial charge on any atom is 0.306 e. The molecule has 1 aliphatic rings. The van der Waals surface area contributed by atoms with Gasteiger partial charge in [-0.2, -0.15) is 0 Å². The number of unbranched alkanes of at least 4 members (excludes halogenated alkanes) is 20. The minimum absolute atomic E-state index is 0.117. The van der Waals surface area contributed by atoms with E-state index >= 15 is 0 Å². The Bertz CT molecular complexity index is 833. The highest BCUT2D eigenvalue weighted by Gasteiger charge is 2.44. The van der Waals surface area contributed by atoms with Crippen molar-refractivity contribution in [2.24, 2.45) is 0 Å². The molecule has 0 aromatic carbocycles. The molecule has 9 heteroatoms. The molecule has 1 aliphatic heterocycles. The average molecular weight is 727 g/mol. The number of carbonyl (C=O) groups excluding carboxylic acids is 1. The minimum atomic E-state index is -1.54. The summed E-state index contributed by atoms with van der Waals surface area (Å²) < 4.78 is 22.7. The van der Waals surface area contributed by atoms with Crippen molar-refractivity contribution in [3.05, 3.63) is 24.3 Å². The Balaban J connectivity index is 2.31. The monoisotopic (exact) mass is 727 g/mol. The van der Waals surface area contributed by atoms with Crippen LogP contribution in [0.2, 0.25) is 0 Å². The van der Waals surface area contributed by atoms with E-state index in [1.807, 2.05) is 0 Å². The van der Waals surface area contributed by atoms with Gasteiger partial charge in [0.15, 0.2) is 6.29 Å². The number of hydrogen-bond donors (Lipinski definition) is 4. The number of esters is 1. The smallest absolute Gasteiger partial charge is 0.306 e. The SMILES string of the molecule is CCCCCC/C=C\CCCCCCCC(=O)OC(COCCCCCCCC/C=C\CCCCCCC)COC1OC(CO)C(O)C(O)C1O. The van der Waals surface area contributed by atoms with Gasteiger partial charge in [0.05, 0.1) is 19.8 Å². The standard InChI is InChI=1S/C42H78O9/c1-3-5-7-9-11-13-15-17-18-20-22-24-26-28-30-32-48-34-36(35-49-42-41(47)40(46)39(45)37(33-43)51-42)50-38(44)31-29-27-25-23-21-19-16-14-12-10-8-6-4-2/h14-17,36-37,39-43,45-47H,3-13,18-35H2,1-2H3/b16-14-,17-15-. The number of aliphatic hydroxyl groups excluding tert-OH is 4. The van der Waals surface area contributed by atoms with Crippen molar-refractivity contribution in [3.63, 3.8) is 0 Å². The lowest BCUT2D eigenvalue weighted by atomic mass is 9.99. The molecule has 9 nitrogen and oxygen atoms in total. The van der Waals surface area contributed by atoms with Crippen molar-refractivity contribution >= 4 is 5.97 Å². The summed E-state index contributed by atoms with van der Waals surface area (Å²) in [5, 5.41) is 40.0. The Labute approximate surface area is 311 Å². The summed E-state index contributed by atoms with van der Waals surface area (Å²) in [5.74, 6) is -0.325. The average Bonchev–Trinajstić information content (AvgIpc) is 3.13. The molecule has 51 heavy (non-hydrogen) atoms. The van der Waals surface area contributed by atoms with Gasteiger partial charge in [0, 0.05) is 13.0 Å². The summed E-state index contributed by atoms with van der Waals surface area (Å²) in [6, 6.07) is 0. The maximum absolute atomic E-state index is 12.7. The van der Waals surface area contributed by atoms with E-state index in [0.29, 0.717) is 13.0 Å². The Morgan fingerprint density at radius 3 is 1.61 bits per heavy atom. The van der Waals surface area contributed by atoms with Gasteiger partial charge in [-0.05, 0) is 64.2 Å². The molecule has 0 saturated carbocycles. The van der Waals surface area contributed by atoms with Gasteiger partial charge in [0.1, 0.15) is 30.5 Å². The van der Waals surface area contributed by atoms with Gasteiger partial charge in [-0.3, -0.25) is 4.79 Å². The third kappa shape index (κ3) is 26.1. The van der Waals surface area contributed by atoms with Gasteiger partial charge in [-0.15, -0.1) is 0 Å². The Hall–Kier alpha value is -1.33. The highest BCUT2D eigenvalue weighted by Crippen LogP contribution is 2.22. The molecule has 6 atom stereocenters. The molecule has 1 saturated heterocycles. The first-order valence-corrected chi connectivity index (χ1v) is 20.9.